The van der Waals surface area contributed by atoms with E-state index < -0.39 is 17.7 Å². The number of rotatable bonds is 7. The maximum atomic E-state index is 12.9. The van der Waals surface area contributed by atoms with Crippen LogP contribution in [0.3, 0.4) is 0 Å². The Morgan fingerprint density at radius 2 is 1.70 bits per heavy atom. The molecule has 23 heavy (non-hydrogen) atoms. The molecule has 0 aliphatic carbocycles. The van der Waals surface area contributed by atoms with Crippen LogP contribution in [0, 0.1) is 11.2 Å². The van der Waals surface area contributed by atoms with E-state index in [-0.39, 0.29) is 17.8 Å². The fourth-order valence-corrected chi connectivity index (χ4v) is 2.42. The van der Waals surface area contributed by atoms with Gasteiger partial charge in [-0.15, -0.1) is 0 Å². The summed E-state index contributed by atoms with van der Waals surface area (Å²) in [6, 6.07) is 5.11. The van der Waals surface area contributed by atoms with Gasteiger partial charge in [-0.05, 0) is 43.4 Å². The van der Waals surface area contributed by atoms with Crippen molar-refractivity contribution in [2.24, 2.45) is 5.41 Å². The monoisotopic (exact) mass is 326 g/mol. The predicted molar refractivity (Wildman–Crippen MR) is 87.5 cm³/mol. The van der Waals surface area contributed by atoms with Gasteiger partial charge in [-0.3, -0.25) is 0 Å². The standard InChI is InChI=1S/C17H27FN2O3/c1-12(21)9-16(2,3)10-19-15(22)20-11-17(4,23)13-5-7-14(18)8-6-13/h5-8,12,21,23H,9-11H2,1-4H3,(H2,19,20,22). The molecule has 0 bridgehead atoms. The average molecular weight is 326 g/mol. The van der Waals surface area contributed by atoms with Crippen molar-refractivity contribution >= 4 is 6.03 Å². The third kappa shape index (κ3) is 6.97. The van der Waals surface area contributed by atoms with Gasteiger partial charge in [0.05, 0.1) is 12.6 Å². The van der Waals surface area contributed by atoms with Crippen molar-refractivity contribution in [3.8, 4) is 0 Å². The highest BCUT2D eigenvalue weighted by Crippen LogP contribution is 2.21. The topological polar surface area (TPSA) is 81.6 Å². The smallest absolute Gasteiger partial charge is 0.314 e. The maximum absolute atomic E-state index is 12.9. The summed E-state index contributed by atoms with van der Waals surface area (Å²) >= 11 is 0. The van der Waals surface area contributed by atoms with E-state index in [1.54, 1.807) is 13.8 Å². The minimum atomic E-state index is -1.29. The van der Waals surface area contributed by atoms with E-state index in [4.69, 9.17) is 0 Å². The molecule has 2 amide bonds. The van der Waals surface area contributed by atoms with Crippen molar-refractivity contribution in [3.05, 3.63) is 35.6 Å². The lowest BCUT2D eigenvalue weighted by Gasteiger charge is -2.27. The van der Waals surface area contributed by atoms with Crippen molar-refractivity contribution in [2.45, 2.75) is 45.8 Å². The van der Waals surface area contributed by atoms with Crippen LogP contribution in [0.25, 0.3) is 0 Å². The molecule has 1 rings (SSSR count). The molecule has 0 saturated carbocycles. The number of hydrogen-bond donors (Lipinski definition) is 4. The fourth-order valence-electron chi connectivity index (χ4n) is 2.42. The summed E-state index contributed by atoms with van der Waals surface area (Å²) in [4.78, 5) is 11.9. The molecule has 0 heterocycles. The molecule has 0 saturated heterocycles. The minimum Gasteiger partial charge on any atom is -0.393 e. The first-order chi connectivity index (χ1) is 10.5. The molecule has 5 nitrogen and oxygen atoms in total. The van der Waals surface area contributed by atoms with Crippen LogP contribution in [0.2, 0.25) is 0 Å². The Balaban J connectivity index is 2.47. The van der Waals surface area contributed by atoms with E-state index in [0.29, 0.717) is 18.5 Å². The summed E-state index contributed by atoms with van der Waals surface area (Å²) in [6.07, 6.45) is 0.134. The van der Waals surface area contributed by atoms with Crippen LogP contribution in [0.1, 0.15) is 39.7 Å². The lowest BCUT2D eigenvalue weighted by atomic mass is 9.87. The molecule has 0 aromatic heterocycles. The normalized spacial score (nSPS) is 15.6. The number of aliphatic hydroxyl groups excluding tert-OH is 1. The minimum absolute atomic E-state index is 0.00129. The summed E-state index contributed by atoms with van der Waals surface area (Å²) in [6.45, 7) is 7.58. The zero-order chi connectivity index (χ0) is 17.7. The number of carbonyl (C=O) groups is 1. The molecule has 0 aliphatic heterocycles. The van der Waals surface area contributed by atoms with Crippen molar-refractivity contribution in [3.63, 3.8) is 0 Å². The van der Waals surface area contributed by atoms with Crippen molar-refractivity contribution in [1.29, 1.82) is 0 Å². The molecule has 4 N–H and O–H groups in total. The van der Waals surface area contributed by atoms with Crippen LogP contribution >= 0.6 is 0 Å². The lowest BCUT2D eigenvalue weighted by Crippen LogP contribution is -2.46. The molecule has 0 aliphatic rings. The van der Waals surface area contributed by atoms with E-state index in [2.05, 4.69) is 10.6 Å². The van der Waals surface area contributed by atoms with Crippen LogP contribution in [0.5, 0.6) is 0 Å². The van der Waals surface area contributed by atoms with Crippen LogP contribution in [0.15, 0.2) is 24.3 Å². The summed E-state index contributed by atoms with van der Waals surface area (Å²) in [5.74, 6) is -0.379. The zero-order valence-corrected chi connectivity index (χ0v) is 14.2. The second-order valence-electron chi connectivity index (χ2n) is 7.03. The maximum Gasteiger partial charge on any atom is 0.314 e. The van der Waals surface area contributed by atoms with Crippen LogP contribution in [0.4, 0.5) is 9.18 Å². The third-order valence-corrected chi connectivity index (χ3v) is 3.63. The van der Waals surface area contributed by atoms with E-state index in [1.807, 2.05) is 13.8 Å². The van der Waals surface area contributed by atoms with Crippen molar-refractivity contribution in [2.75, 3.05) is 13.1 Å². The van der Waals surface area contributed by atoms with Gasteiger partial charge in [0, 0.05) is 6.54 Å². The highest BCUT2D eigenvalue weighted by atomic mass is 19.1. The molecule has 2 atom stereocenters. The molecule has 2 unspecified atom stereocenters. The largest absolute Gasteiger partial charge is 0.393 e. The van der Waals surface area contributed by atoms with Gasteiger partial charge >= 0.3 is 6.03 Å². The van der Waals surface area contributed by atoms with Gasteiger partial charge in [-0.25, -0.2) is 9.18 Å². The number of aliphatic hydroxyl groups is 2. The molecule has 130 valence electrons. The van der Waals surface area contributed by atoms with Gasteiger partial charge in [0.25, 0.3) is 0 Å². The number of hydrogen-bond acceptors (Lipinski definition) is 3. The second-order valence-corrected chi connectivity index (χ2v) is 7.03. The van der Waals surface area contributed by atoms with Gasteiger partial charge in [0.15, 0.2) is 0 Å². The second kappa shape index (κ2) is 7.75. The Morgan fingerprint density at radius 3 is 2.22 bits per heavy atom. The first kappa shape index (κ1) is 19.4. The zero-order valence-electron chi connectivity index (χ0n) is 14.2. The van der Waals surface area contributed by atoms with E-state index >= 15 is 0 Å². The number of benzene rings is 1. The molecule has 6 heteroatoms. The average Bonchev–Trinajstić information content (AvgIpc) is 2.42. The number of halogens is 1. The van der Waals surface area contributed by atoms with Crippen LogP contribution < -0.4 is 10.6 Å². The van der Waals surface area contributed by atoms with Gasteiger partial charge in [-0.1, -0.05) is 26.0 Å². The molecular formula is C17H27FN2O3. The molecule has 0 fully saturated rings. The molecular weight excluding hydrogens is 299 g/mol. The fraction of sp³-hybridized carbons (Fsp3) is 0.588. The summed E-state index contributed by atoms with van der Waals surface area (Å²) in [5.41, 5.74) is -1.00. The van der Waals surface area contributed by atoms with Gasteiger partial charge < -0.3 is 20.8 Å². The first-order valence-corrected chi connectivity index (χ1v) is 7.70. The lowest BCUT2D eigenvalue weighted by molar-refractivity contribution is 0.0591. The SMILES string of the molecule is CC(O)CC(C)(C)CNC(=O)NCC(C)(O)c1ccc(F)cc1. The van der Waals surface area contributed by atoms with Gasteiger partial charge in [0.2, 0.25) is 0 Å². The van der Waals surface area contributed by atoms with E-state index in [1.165, 1.54) is 24.3 Å². The summed E-state index contributed by atoms with van der Waals surface area (Å²) in [7, 11) is 0. The Labute approximate surface area is 136 Å². The van der Waals surface area contributed by atoms with Crippen molar-refractivity contribution in [1.82, 2.24) is 10.6 Å². The molecule has 1 aromatic carbocycles. The van der Waals surface area contributed by atoms with Gasteiger partial charge in [-0.2, -0.15) is 0 Å². The number of carbonyl (C=O) groups excluding carboxylic acids is 1. The quantitative estimate of drug-likeness (QED) is 0.619. The highest BCUT2D eigenvalue weighted by molar-refractivity contribution is 5.73. The summed E-state index contributed by atoms with van der Waals surface area (Å²) < 4.78 is 12.9. The summed E-state index contributed by atoms with van der Waals surface area (Å²) in [5, 5.41) is 25.1. The molecule has 1 aromatic rings. The molecule has 0 spiro atoms. The van der Waals surface area contributed by atoms with E-state index in [9.17, 15) is 19.4 Å². The Kier molecular flexibility index (Phi) is 6.53. The van der Waals surface area contributed by atoms with E-state index in [0.717, 1.165) is 0 Å². The highest BCUT2D eigenvalue weighted by Gasteiger charge is 2.25. The number of amides is 2. The Morgan fingerprint density at radius 1 is 1.17 bits per heavy atom. The number of urea groups is 1. The van der Waals surface area contributed by atoms with Crippen molar-refractivity contribution < 1.29 is 19.4 Å². The molecule has 0 radical (unpaired) electrons. The van der Waals surface area contributed by atoms with Crippen LogP contribution in [-0.2, 0) is 5.60 Å². The first-order valence-electron chi connectivity index (χ1n) is 7.70. The Hall–Kier alpha value is -1.66. The van der Waals surface area contributed by atoms with Gasteiger partial charge in [0.1, 0.15) is 11.4 Å². The predicted octanol–water partition coefficient (Wildman–Crippen LogP) is 2.13. The third-order valence-electron chi connectivity index (χ3n) is 3.63. The Bertz CT molecular complexity index is 513. The number of nitrogens with one attached hydrogen (secondary N) is 2. The van der Waals surface area contributed by atoms with Crippen LogP contribution in [-0.4, -0.2) is 35.4 Å².